The van der Waals surface area contributed by atoms with Crippen LogP contribution >= 0.6 is 0 Å². The highest BCUT2D eigenvalue weighted by molar-refractivity contribution is 5.72. The summed E-state index contributed by atoms with van der Waals surface area (Å²) in [5.74, 6) is 0.00817. The Labute approximate surface area is 120 Å². The van der Waals surface area contributed by atoms with Gasteiger partial charge in [0.25, 0.3) is 0 Å². The second-order valence-electron chi connectivity index (χ2n) is 6.29. The van der Waals surface area contributed by atoms with Crippen molar-refractivity contribution in [3.63, 3.8) is 0 Å². The van der Waals surface area contributed by atoms with Gasteiger partial charge in [0.1, 0.15) is 0 Å². The molecule has 3 saturated heterocycles. The molecule has 2 atom stereocenters. The van der Waals surface area contributed by atoms with Crippen LogP contribution in [-0.2, 0) is 19.0 Å². The van der Waals surface area contributed by atoms with Gasteiger partial charge in [-0.25, -0.2) is 0 Å². The highest BCUT2D eigenvalue weighted by atomic mass is 16.5. The van der Waals surface area contributed by atoms with Crippen LogP contribution in [0.25, 0.3) is 0 Å². The molecule has 0 aromatic carbocycles. The maximum absolute atomic E-state index is 11.6. The van der Waals surface area contributed by atoms with Crippen LogP contribution in [0.1, 0.15) is 32.1 Å². The smallest absolute Gasteiger partial charge is 0.310 e. The van der Waals surface area contributed by atoms with E-state index in [1.54, 1.807) is 0 Å². The Balaban J connectivity index is 1.59. The molecule has 20 heavy (non-hydrogen) atoms. The van der Waals surface area contributed by atoms with Crippen LogP contribution in [0.5, 0.6) is 0 Å². The first-order valence-corrected chi connectivity index (χ1v) is 7.76. The molecule has 0 aliphatic carbocycles. The number of ether oxygens (including phenoxy) is 3. The highest BCUT2D eigenvalue weighted by Gasteiger charge is 2.42. The van der Waals surface area contributed by atoms with Gasteiger partial charge in [-0.15, -0.1) is 0 Å². The molecule has 5 heteroatoms. The maximum Gasteiger partial charge on any atom is 0.310 e. The van der Waals surface area contributed by atoms with E-state index in [1.165, 1.54) is 7.11 Å². The zero-order chi connectivity index (χ0) is 14.0. The van der Waals surface area contributed by atoms with Crippen molar-refractivity contribution >= 4 is 5.97 Å². The molecule has 3 fully saturated rings. The van der Waals surface area contributed by atoms with Crippen molar-refractivity contribution in [3.8, 4) is 0 Å². The van der Waals surface area contributed by atoms with Gasteiger partial charge in [0.2, 0.25) is 0 Å². The third kappa shape index (κ3) is 2.85. The summed E-state index contributed by atoms with van der Waals surface area (Å²) in [6.45, 7) is 4.33. The minimum atomic E-state index is -0.0552. The standard InChI is InChI=1S/C15H25NO4/c1-18-14(17)12-2-6-16(11-12)13-3-7-20-15(10-13)4-8-19-9-5-15/h12-13H,2-11H2,1H3. The fourth-order valence-corrected chi connectivity index (χ4v) is 3.88. The minimum absolute atomic E-state index is 0.0323. The van der Waals surface area contributed by atoms with Crippen molar-refractivity contribution in [2.45, 2.75) is 43.7 Å². The van der Waals surface area contributed by atoms with E-state index in [4.69, 9.17) is 14.2 Å². The normalized spacial score (nSPS) is 34.2. The topological polar surface area (TPSA) is 48.0 Å². The average molecular weight is 283 g/mol. The van der Waals surface area contributed by atoms with Gasteiger partial charge in [0, 0.05) is 32.4 Å². The van der Waals surface area contributed by atoms with Gasteiger partial charge >= 0.3 is 5.97 Å². The lowest BCUT2D eigenvalue weighted by Crippen LogP contribution is -2.50. The molecule has 3 rings (SSSR count). The van der Waals surface area contributed by atoms with Crippen LogP contribution in [0.2, 0.25) is 0 Å². The van der Waals surface area contributed by atoms with Gasteiger partial charge in [0.15, 0.2) is 0 Å². The van der Waals surface area contributed by atoms with Crippen LogP contribution in [0.4, 0.5) is 0 Å². The number of nitrogens with zero attached hydrogens (tertiary/aromatic N) is 1. The summed E-state index contributed by atoms with van der Waals surface area (Å²) in [5.41, 5.74) is 0.0323. The molecule has 0 saturated carbocycles. The van der Waals surface area contributed by atoms with E-state index in [0.29, 0.717) is 6.04 Å². The molecule has 0 N–H and O–H groups in total. The van der Waals surface area contributed by atoms with Gasteiger partial charge < -0.3 is 14.2 Å². The predicted octanol–water partition coefficient (Wildman–Crippen LogP) is 1.21. The van der Waals surface area contributed by atoms with Crippen molar-refractivity contribution in [2.75, 3.05) is 40.0 Å². The van der Waals surface area contributed by atoms with Crippen molar-refractivity contribution < 1.29 is 19.0 Å². The molecule has 2 unspecified atom stereocenters. The zero-order valence-electron chi connectivity index (χ0n) is 12.3. The first-order chi connectivity index (χ1) is 9.72. The van der Waals surface area contributed by atoms with Crippen molar-refractivity contribution in [2.24, 2.45) is 5.92 Å². The maximum atomic E-state index is 11.6. The van der Waals surface area contributed by atoms with E-state index in [0.717, 1.165) is 65.0 Å². The van der Waals surface area contributed by atoms with Gasteiger partial charge in [-0.05, 0) is 38.6 Å². The quantitative estimate of drug-likeness (QED) is 0.713. The molecular weight excluding hydrogens is 258 g/mol. The van der Waals surface area contributed by atoms with E-state index in [2.05, 4.69) is 4.90 Å². The third-order valence-electron chi connectivity index (χ3n) is 5.14. The van der Waals surface area contributed by atoms with Crippen molar-refractivity contribution in [1.82, 2.24) is 4.90 Å². The van der Waals surface area contributed by atoms with Crippen LogP contribution in [0, 0.1) is 5.92 Å². The Kier molecular flexibility index (Phi) is 4.29. The molecule has 3 heterocycles. The summed E-state index contributed by atoms with van der Waals surface area (Å²) in [5, 5.41) is 0. The number of hydrogen-bond acceptors (Lipinski definition) is 5. The third-order valence-corrected chi connectivity index (χ3v) is 5.14. The number of hydrogen-bond donors (Lipinski definition) is 0. The first-order valence-electron chi connectivity index (χ1n) is 7.76. The van der Waals surface area contributed by atoms with E-state index in [1.807, 2.05) is 0 Å². The minimum Gasteiger partial charge on any atom is -0.469 e. The number of methoxy groups -OCH3 is 1. The van der Waals surface area contributed by atoms with E-state index >= 15 is 0 Å². The monoisotopic (exact) mass is 283 g/mol. The average Bonchev–Trinajstić information content (AvgIpc) is 2.97. The molecule has 0 bridgehead atoms. The van der Waals surface area contributed by atoms with Gasteiger partial charge in [-0.1, -0.05) is 0 Å². The molecule has 114 valence electrons. The predicted molar refractivity (Wildman–Crippen MR) is 73.5 cm³/mol. The summed E-state index contributed by atoms with van der Waals surface area (Å²) in [4.78, 5) is 14.1. The molecule has 1 spiro atoms. The SMILES string of the molecule is COC(=O)C1CCN(C2CCOC3(CCOCC3)C2)C1. The summed E-state index contributed by atoms with van der Waals surface area (Å²) >= 11 is 0. The number of carbonyl (C=O) groups is 1. The second kappa shape index (κ2) is 6.00. The fraction of sp³-hybridized carbons (Fsp3) is 0.933. The Morgan fingerprint density at radius 3 is 2.80 bits per heavy atom. The Bertz CT molecular complexity index is 348. The number of likely N-dealkylation sites (tertiary alicyclic amines) is 1. The molecule has 0 aromatic rings. The molecule has 3 aliphatic heterocycles. The Morgan fingerprint density at radius 1 is 1.25 bits per heavy atom. The van der Waals surface area contributed by atoms with Gasteiger partial charge in [0.05, 0.1) is 18.6 Å². The van der Waals surface area contributed by atoms with Gasteiger partial charge in [-0.2, -0.15) is 0 Å². The van der Waals surface area contributed by atoms with Gasteiger partial charge in [-0.3, -0.25) is 9.69 Å². The van der Waals surface area contributed by atoms with Crippen molar-refractivity contribution in [1.29, 1.82) is 0 Å². The largest absolute Gasteiger partial charge is 0.469 e. The fourth-order valence-electron chi connectivity index (χ4n) is 3.88. The van der Waals surface area contributed by atoms with E-state index in [-0.39, 0.29) is 17.5 Å². The lowest BCUT2D eigenvalue weighted by molar-refractivity contribution is -0.151. The summed E-state index contributed by atoms with van der Waals surface area (Å²) in [7, 11) is 1.48. The lowest BCUT2D eigenvalue weighted by Gasteiger charge is -2.45. The molecule has 0 aromatic heterocycles. The Morgan fingerprint density at radius 2 is 2.05 bits per heavy atom. The molecule has 0 radical (unpaired) electrons. The number of carbonyl (C=O) groups excluding carboxylic acids is 1. The van der Waals surface area contributed by atoms with Crippen LogP contribution < -0.4 is 0 Å². The lowest BCUT2D eigenvalue weighted by atomic mass is 9.83. The molecule has 3 aliphatic rings. The molecule has 5 nitrogen and oxygen atoms in total. The zero-order valence-corrected chi connectivity index (χ0v) is 12.3. The summed E-state index contributed by atoms with van der Waals surface area (Å²) in [6, 6.07) is 0.552. The van der Waals surface area contributed by atoms with E-state index in [9.17, 15) is 4.79 Å². The highest BCUT2D eigenvalue weighted by Crippen LogP contribution is 2.37. The summed E-state index contributed by atoms with van der Waals surface area (Å²) in [6.07, 6.45) is 5.12. The molecular formula is C15H25NO4. The van der Waals surface area contributed by atoms with Crippen LogP contribution in [0.15, 0.2) is 0 Å². The first kappa shape index (κ1) is 14.3. The van der Waals surface area contributed by atoms with Crippen LogP contribution in [-0.4, -0.2) is 62.5 Å². The van der Waals surface area contributed by atoms with Crippen molar-refractivity contribution in [3.05, 3.63) is 0 Å². The Hall–Kier alpha value is -0.650. The number of rotatable bonds is 2. The summed E-state index contributed by atoms with van der Waals surface area (Å²) < 4.78 is 16.4. The second-order valence-corrected chi connectivity index (χ2v) is 6.29. The van der Waals surface area contributed by atoms with Crippen LogP contribution in [0.3, 0.4) is 0 Å². The van der Waals surface area contributed by atoms with E-state index < -0.39 is 0 Å². The molecule has 0 amide bonds. The number of esters is 1.